The molecule has 1 aromatic carbocycles. The Morgan fingerprint density at radius 1 is 1.59 bits per heavy atom. The first-order valence-corrected chi connectivity index (χ1v) is 6.64. The molecule has 4 nitrogen and oxygen atoms in total. The van der Waals surface area contributed by atoms with Crippen LogP contribution in [0.25, 0.3) is 0 Å². The van der Waals surface area contributed by atoms with E-state index in [0.717, 1.165) is 0 Å². The summed E-state index contributed by atoms with van der Waals surface area (Å²) in [4.78, 5) is 10.7. The molecule has 0 saturated carbocycles. The highest BCUT2D eigenvalue weighted by atomic mass is 35.5. The lowest BCUT2D eigenvalue weighted by atomic mass is 10.2. The quantitative estimate of drug-likeness (QED) is 0.894. The Hall–Kier alpha value is -1.07. The standard InChI is InChI=1S/C11H13ClO4S/c1-7(11(13)14)17(15)6-8-5-9(12)3-4-10(8)16-2/h3-5,7H,6H2,1-2H3,(H,13,14). The third kappa shape index (κ3) is 3.71. The highest BCUT2D eigenvalue weighted by molar-refractivity contribution is 7.85. The van der Waals surface area contributed by atoms with Gasteiger partial charge in [-0.1, -0.05) is 11.6 Å². The van der Waals surface area contributed by atoms with Crippen molar-refractivity contribution in [1.29, 1.82) is 0 Å². The van der Waals surface area contributed by atoms with E-state index in [4.69, 9.17) is 21.4 Å². The number of ether oxygens (including phenoxy) is 1. The Labute approximate surface area is 107 Å². The minimum atomic E-state index is -1.50. The molecule has 6 heteroatoms. The zero-order valence-corrected chi connectivity index (χ0v) is 11.0. The molecule has 0 fully saturated rings. The molecule has 0 bridgehead atoms. The fourth-order valence-electron chi connectivity index (χ4n) is 1.25. The van der Waals surface area contributed by atoms with Crippen molar-refractivity contribution in [3.8, 4) is 5.75 Å². The number of methoxy groups -OCH3 is 1. The molecule has 0 aliphatic rings. The summed E-state index contributed by atoms with van der Waals surface area (Å²) in [6.45, 7) is 1.41. The normalized spacial score (nSPS) is 14.1. The van der Waals surface area contributed by atoms with E-state index in [9.17, 15) is 9.00 Å². The number of halogens is 1. The fourth-order valence-corrected chi connectivity index (χ4v) is 2.45. The van der Waals surface area contributed by atoms with E-state index in [1.54, 1.807) is 18.2 Å². The first kappa shape index (κ1) is 14.0. The van der Waals surface area contributed by atoms with Gasteiger partial charge in [0.25, 0.3) is 0 Å². The molecule has 0 aliphatic heterocycles. The molecule has 0 radical (unpaired) electrons. The van der Waals surface area contributed by atoms with Crippen LogP contribution in [0.5, 0.6) is 5.75 Å². The van der Waals surface area contributed by atoms with Crippen LogP contribution in [0, 0.1) is 0 Å². The van der Waals surface area contributed by atoms with E-state index in [1.807, 2.05) is 0 Å². The molecule has 0 amide bonds. The number of rotatable bonds is 5. The van der Waals surface area contributed by atoms with Crippen LogP contribution in [0.3, 0.4) is 0 Å². The van der Waals surface area contributed by atoms with Gasteiger partial charge in [-0.25, -0.2) is 0 Å². The second-order valence-corrected chi connectivity index (χ2v) is 5.66. The lowest BCUT2D eigenvalue weighted by molar-refractivity contribution is -0.136. The van der Waals surface area contributed by atoms with Gasteiger partial charge in [0.2, 0.25) is 0 Å². The van der Waals surface area contributed by atoms with E-state index in [2.05, 4.69) is 0 Å². The van der Waals surface area contributed by atoms with Crippen molar-refractivity contribution >= 4 is 28.4 Å². The molecular formula is C11H13ClO4S. The first-order valence-electron chi connectivity index (χ1n) is 4.88. The van der Waals surface area contributed by atoms with Crippen LogP contribution in [0.15, 0.2) is 18.2 Å². The molecule has 1 rings (SSSR count). The molecule has 0 spiro atoms. The number of carbonyl (C=O) groups is 1. The van der Waals surface area contributed by atoms with Crippen molar-refractivity contribution in [2.45, 2.75) is 17.9 Å². The van der Waals surface area contributed by atoms with Gasteiger partial charge in [-0.3, -0.25) is 9.00 Å². The van der Waals surface area contributed by atoms with Gasteiger partial charge >= 0.3 is 5.97 Å². The predicted octanol–water partition coefficient (Wildman–Crippen LogP) is 2.07. The van der Waals surface area contributed by atoms with Gasteiger partial charge in [-0.15, -0.1) is 0 Å². The summed E-state index contributed by atoms with van der Waals surface area (Å²) in [5.74, 6) is -0.415. The zero-order chi connectivity index (χ0) is 13.0. The number of carboxylic acids is 1. The summed E-state index contributed by atoms with van der Waals surface area (Å²) in [5, 5.41) is 8.34. The average Bonchev–Trinajstić information content (AvgIpc) is 2.28. The number of hydrogen-bond acceptors (Lipinski definition) is 3. The summed E-state index contributed by atoms with van der Waals surface area (Å²) in [5.41, 5.74) is 0.645. The maximum atomic E-state index is 11.8. The third-order valence-electron chi connectivity index (χ3n) is 2.28. The van der Waals surface area contributed by atoms with Gasteiger partial charge in [0.1, 0.15) is 11.0 Å². The van der Waals surface area contributed by atoms with Crippen LogP contribution < -0.4 is 4.74 Å². The van der Waals surface area contributed by atoms with Crippen LogP contribution in [0.4, 0.5) is 0 Å². The SMILES string of the molecule is COc1ccc(Cl)cc1CS(=O)C(C)C(=O)O. The number of carboxylic acid groups (broad SMARTS) is 1. The van der Waals surface area contributed by atoms with Crippen LogP contribution in [0.1, 0.15) is 12.5 Å². The van der Waals surface area contributed by atoms with Gasteiger partial charge in [0.15, 0.2) is 0 Å². The molecular weight excluding hydrogens is 264 g/mol. The second kappa shape index (κ2) is 6.02. The summed E-state index contributed by atoms with van der Waals surface area (Å²) < 4.78 is 16.9. The van der Waals surface area contributed by atoms with Crippen molar-refractivity contribution in [2.24, 2.45) is 0 Å². The van der Waals surface area contributed by atoms with Crippen molar-refractivity contribution < 1.29 is 18.8 Å². The highest BCUT2D eigenvalue weighted by Crippen LogP contribution is 2.24. The molecule has 1 aromatic rings. The Kier molecular flexibility index (Phi) is 4.96. The summed E-state index contributed by atoms with van der Waals surface area (Å²) >= 11 is 5.83. The lowest BCUT2D eigenvalue weighted by Crippen LogP contribution is -2.23. The van der Waals surface area contributed by atoms with Crippen molar-refractivity contribution in [3.05, 3.63) is 28.8 Å². The van der Waals surface area contributed by atoms with Gasteiger partial charge in [0.05, 0.1) is 12.9 Å². The average molecular weight is 277 g/mol. The molecule has 1 N–H and O–H groups in total. The first-order chi connectivity index (χ1) is 7.95. The lowest BCUT2D eigenvalue weighted by Gasteiger charge is -2.10. The second-order valence-electron chi connectivity index (χ2n) is 3.46. The maximum Gasteiger partial charge on any atom is 0.318 e. The topological polar surface area (TPSA) is 63.6 Å². The Morgan fingerprint density at radius 2 is 2.24 bits per heavy atom. The fraction of sp³-hybridized carbons (Fsp3) is 0.364. The molecule has 94 valence electrons. The molecule has 17 heavy (non-hydrogen) atoms. The molecule has 2 unspecified atom stereocenters. The monoisotopic (exact) mass is 276 g/mol. The van der Waals surface area contributed by atoms with Crippen LogP contribution in [0.2, 0.25) is 5.02 Å². The highest BCUT2D eigenvalue weighted by Gasteiger charge is 2.20. The van der Waals surface area contributed by atoms with E-state index < -0.39 is 22.0 Å². The smallest absolute Gasteiger partial charge is 0.318 e. The van der Waals surface area contributed by atoms with E-state index >= 15 is 0 Å². The van der Waals surface area contributed by atoms with Crippen LogP contribution in [-0.4, -0.2) is 27.6 Å². The molecule has 2 atom stereocenters. The van der Waals surface area contributed by atoms with Gasteiger partial charge in [0, 0.05) is 21.4 Å². The van der Waals surface area contributed by atoms with Crippen LogP contribution in [-0.2, 0) is 21.3 Å². The van der Waals surface area contributed by atoms with Gasteiger partial charge in [-0.2, -0.15) is 0 Å². The summed E-state index contributed by atoms with van der Waals surface area (Å²) in [7, 11) is -0.00789. The minimum absolute atomic E-state index is 0.108. The summed E-state index contributed by atoms with van der Waals surface area (Å²) in [6, 6.07) is 4.96. The largest absolute Gasteiger partial charge is 0.496 e. The number of aliphatic carboxylic acids is 1. The summed E-state index contributed by atoms with van der Waals surface area (Å²) in [6.07, 6.45) is 0. The Bertz CT molecular complexity index is 447. The predicted molar refractivity (Wildman–Crippen MR) is 66.9 cm³/mol. The molecule has 0 aliphatic carbocycles. The molecule has 0 heterocycles. The van der Waals surface area contributed by atoms with Gasteiger partial charge < -0.3 is 9.84 Å². The number of hydrogen-bond donors (Lipinski definition) is 1. The zero-order valence-electron chi connectivity index (χ0n) is 9.47. The minimum Gasteiger partial charge on any atom is -0.496 e. The van der Waals surface area contributed by atoms with Crippen molar-refractivity contribution in [1.82, 2.24) is 0 Å². The maximum absolute atomic E-state index is 11.8. The Morgan fingerprint density at radius 3 is 2.76 bits per heavy atom. The van der Waals surface area contributed by atoms with E-state index in [1.165, 1.54) is 14.0 Å². The molecule has 0 saturated heterocycles. The van der Waals surface area contributed by atoms with E-state index in [0.29, 0.717) is 16.3 Å². The third-order valence-corrected chi connectivity index (χ3v) is 4.10. The van der Waals surface area contributed by atoms with Crippen molar-refractivity contribution in [3.63, 3.8) is 0 Å². The van der Waals surface area contributed by atoms with Gasteiger partial charge in [-0.05, 0) is 25.1 Å². The number of benzene rings is 1. The Balaban J connectivity index is 2.91. The molecule has 0 aromatic heterocycles. The van der Waals surface area contributed by atoms with Crippen molar-refractivity contribution in [2.75, 3.05) is 7.11 Å². The van der Waals surface area contributed by atoms with Crippen LogP contribution >= 0.6 is 11.6 Å². The van der Waals surface area contributed by atoms with E-state index in [-0.39, 0.29) is 5.75 Å².